The Balaban J connectivity index is 2.20. The fourth-order valence-electron chi connectivity index (χ4n) is 3.02. The van der Waals surface area contributed by atoms with Gasteiger partial charge in [-0.05, 0) is 61.0 Å². The van der Waals surface area contributed by atoms with Crippen molar-refractivity contribution in [1.82, 2.24) is 14.9 Å². The number of benzene rings is 1. The number of carbonyl (C=O) groups excluding carboxylic acids is 1. The van der Waals surface area contributed by atoms with Crippen molar-refractivity contribution in [3.05, 3.63) is 55.3 Å². The van der Waals surface area contributed by atoms with Gasteiger partial charge in [0.1, 0.15) is 23.0 Å². The smallest absolute Gasteiger partial charge is 0.282 e. The highest BCUT2D eigenvalue weighted by Crippen LogP contribution is 2.30. The molecule has 2 heterocycles. The number of aliphatic hydroxyl groups excluding tert-OH is 1. The molecule has 0 saturated carbocycles. The summed E-state index contributed by atoms with van der Waals surface area (Å²) in [5, 5.41) is 11.9. The largest absolute Gasteiger partial charge is 0.458 e. The standard InChI is InChI=1S/C20H22FIN4O5/c1-25(2)10-12-9-13-17(31-12)16(19(28)24-30-7-6-27)18(26(3)20(13)29)23-15-5-4-11(22)8-14(15)21/h4-5,8-9,23,27H,6-7,10H2,1-3H3,(H,24,28). The molecule has 0 fully saturated rings. The van der Waals surface area contributed by atoms with Gasteiger partial charge in [-0.2, -0.15) is 0 Å². The number of rotatable bonds is 8. The molecular weight excluding hydrogens is 522 g/mol. The molecule has 0 saturated heterocycles. The van der Waals surface area contributed by atoms with E-state index in [1.54, 1.807) is 12.1 Å². The van der Waals surface area contributed by atoms with E-state index in [1.807, 2.05) is 41.6 Å². The van der Waals surface area contributed by atoms with Crippen LogP contribution in [0.2, 0.25) is 0 Å². The minimum atomic E-state index is -0.715. The molecule has 9 nitrogen and oxygen atoms in total. The van der Waals surface area contributed by atoms with Gasteiger partial charge in [0.15, 0.2) is 5.58 Å². The van der Waals surface area contributed by atoms with E-state index >= 15 is 0 Å². The van der Waals surface area contributed by atoms with Crippen LogP contribution in [0.25, 0.3) is 11.0 Å². The Morgan fingerprint density at radius 1 is 1.35 bits per heavy atom. The van der Waals surface area contributed by atoms with Gasteiger partial charge in [-0.3, -0.25) is 19.0 Å². The molecule has 1 amide bonds. The Hall–Kier alpha value is -2.48. The van der Waals surface area contributed by atoms with Crippen molar-refractivity contribution in [2.45, 2.75) is 6.54 Å². The van der Waals surface area contributed by atoms with Gasteiger partial charge in [-0.15, -0.1) is 0 Å². The molecular formula is C20H22FIN4O5. The number of nitrogens with zero attached hydrogens (tertiary/aromatic N) is 2. The average molecular weight is 544 g/mol. The Morgan fingerprint density at radius 2 is 2.10 bits per heavy atom. The molecule has 3 rings (SSSR count). The van der Waals surface area contributed by atoms with Crippen molar-refractivity contribution in [2.24, 2.45) is 7.05 Å². The molecule has 0 unspecified atom stereocenters. The van der Waals surface area contributed by atoms with Crippen LogP contribution in [-0.2, 0) is 18.4 Å². The molecule has 0 aliphatic carbocycles. The van der Waals surface area contributed by atoms with Gasteiger partial charge in [0.2, 0.25) is 0 Å². The second kappa shape index (κ2) is 9.77. The van der Waals surface area contributed by atoms with Crippen LogP contribution < -0.4 is 16.4 Å². The summed E-state index contributed by atoms with van der Waals surface area (Å²) >= 11 is 1.98. The lowest BCUT2D eigenvalue weighted by atomic mass is 10.1. The maximum atomic E-state index is 14.5. The van der Waals surface area contributed by atoms with Crippen LogP contribution in [0.4, 0.5) is 15.9 Å². The predicted molar refractivity (Wildman–Crippen MR) is 122 cm³/mol. The molecule has 1 aromatic carbocycles. The number of nitrogens with one attached hydrogen (secondary N) is 2. The second-order valence-electron chi connectivity index (χ2n) is 7.03. The summed E-state index contributed by atoms with van der Waals surface area (Å²) in [5.41, 5.74) is 1.91. The van der Waals surface area contributed by atoms with Crippen LogP contribution in [0.15, 0.2) is 33.5 Å². The maximum absolute atomic E-state index is 14.5. The van der Waals surface area contributed by atoms with Crippen LogP contribution in [0, 0.1) is 9.39 Å². The average Bonchev–Trinajstić information content (AvgIpc) is 3.10. The van der Waals surface area contributed by atoms with Gasteiger partial charge in [-0.25, -0.2) is 9.87 Å². The molecule has 31 heavy (non-hydrogen) atoms. The van der Waals surface area contributed by atoms with Crippen LogP contribution in [0.3, 0.4) is 0 Å². The number of hydroxylamine groups is 1. The fourth-order valence-corrected chi connectivity index (χ4v) is 3.48. The van der Waals surface area contributed by atoms with Crippen molar-refractivity contribution < 1.29 is 23.5 Å². The van der Waals surface area contributed by atoms with E-state index in [-0.39, 0.29) is 41.3 Å². The number of fused-ring (bicyclic) bond motifs is 1. The number of hydrogen-bond donors (Lipinski definition) is 3. The van der Waals surface area contributed by atoms with Gasteiger partial charge in [-0.1, -0.05) is 0 Å². The molecule has 0 atom stereocenters. The third-order valence-corrected chi connectivity index (χ3v) is 5.03. The Morgan fingerprint density at radius 3 is 2.74 bits per heavy atom. The van der Waals surface area contributed by atoms with E-state index in [4.69, 9.17) is 14.4 Å². The molecule has 2 aromatic heterocycles. The summed E-state index contributed by atoms with van der Waals surface area (Å²) in [5.74, 6) is -0.739. The number of anilines is 2. The summed E-state index contributed by atoms with van der Waals surface area (Å²) in [6.07, 6.45) is 0. The van der Waals surface area contributed by atoms with Gasteiger partial charge in [0.25, 0.3) is 11.5 Å². The molecule has 0 aliphatic rings. The number of carbonyl (C=O) groups is 1. The summed E-state index contributed by atoms with van der Waals surface area (Å²) in [6, 6.07) is 6.11. The number of aliphatic hydroxyl groups is 1. The number of amides is 1. The first-order valence-corrected chi connectivity index (χ1v) is 10.4. The first-order valence-electron chi connectivity index (χ1n) is 9.28. The molecule has 0 spiro atoms. The van der Waals surface area contributed by atoms with E-state index in [0.29, 0.717) is 15.9 Å². The lowest BCUT2D eigenvalue weighted by molar-refractivity contribution is 0.0169. The molecule has 166 valence electrons. The highest BCUT2D eigenvalue weighted by Gasteiger charge is 2.25. The van der Waals surface area contributed by atoms with E-state index in [2.05, 4.69) is 10.8 Å². The minimum absolute atomic E-state index is 0.0296. The second-order valence-corrected chi connectivity index (χ2v) is 8.28. The van der Waals surface area contributed by atoms with Crippen molar-refractivity contribution in [2.75, 3.05) is 32.6 Å². The zero-order chi connectivity index (χ0) is 22.7. The zero-order valence-electron chi connectivity index (χ0n) is 17.2. The number of aromatic nitrogens is 1. The molecule has 0 bridgehead atoms. The summed E-state index contributed by atoms with van der Waals surface area (Å²) in [4.78, 5) is 32.7. The number of furan rings is 1. The highest BCUT2D eigenvalue weighted by atomic mass is 127. The highest BCUT2D eigenvalue weighted by molar-refractivity contribution is 14.1. The Bertz CT molecular complexity index is 1170. The lowest BCUT2D eigenvalue weighted by Gasteiger charge is -2.16. The number of hydrogen-bond acceptors (Lipinski definition) is 7. The van der Waals surface area contributed by atoms with E-state index in [0.717, 1.165) is 0 Å². The van der Waals surface area contributed by atoms with Gasteiger partial charge in [0.05, 0.1) is 30.8 Å². The Labute approximate surface area is 190 Å². The fraction of sp³-hybridized carbons (Fsp3) is 0.300. The molecule has 0 radical (unpaired) electrons. The quantitative estimate of drug-likeness (QED) is 0.227. The van der Waals surface area contributed by atoms with Crippen LogP contribution in [0.1, 0.15) is 16.1 Å². The predicted octanol–water partition coefficient (Wildman–Crippen LogP) is 2.33. The SMILES string of the molecule is CN(C)Cc1cc2c(=O)n(C)c(Nc3ccc(I)cc3F)c(C(=O)NOCCO)c2o1. The van der Waals surface area contributed by atoms with Gasteiger partial charge < -0.3 is 19.7 Å². The van der Waals surface area contributed by atoms with Crippen molar-refractivity contribution in [1.29, 1.82) is 0 Å². The lowest BCUT2D eigenvalue weighted by Crippen LogP contribution is -2.29. The minimum Gasteiger partial charge on any atom is -0.458 e. The van der Waals surface area contributed by atoms with Crippen molar-refractivity contribution in [3.63, 3.8) is 0 Å². The molecule has 3 N–H and O–H groups in total. The third-order valence-electron chi connectivity index (χ3n) is 4.36. The van der Waals surface area contributed by atoms with Crippen molar-refractivity contribution >= 4 is 51.0 Å². The topological polar surface area (TPSA) is 109 Å². The third kappa shape index (κ3) is 5.06. The van der Waals surface area contributed by atoms with E-state index in [9.17, 15) is 14.0 Å². The van der Waals surface area contributed by atoms with Crippen molar-refractivity contribution in [3.8, 4) is 0 Å². The summed E-state index contributed by atoms with van der Waals surface area (Å²) in [7, 11) is 5.15. The van der Waals surface area contributed by atoms with Crippen LogP contribution in [0.5, 0.6) is 0 Å². The molecule has 11 heteroatoms. The van der Waals surface area contributed by atoms with Crippen LogP contribution in [-0.4, -0.2) is 47.8 Å². The summed E-state index contributed by atoms with van der Waals surface area (Å²) < 4.78 is 22.2. The monoisotopic (exact) mass is 544 g/mol. The Kier molecular flexibility index (Phi) is 7.30. The number of halogens is 2. The van der Waals surface area contributed by atoms with Gasteiger partial charge >= 0.3 is 0 Å². The van der Waals surface area contributed by atoms with E-state index in [1.165, 1.54) is 23.7 Å². The maximum Gasteiger partial charge on any atom is 0.282 e. The van der Waals surface area contributed by atoms with Crippen LogP contribution >= 0.6 is 22.6 Å². The summed E-state index contributed by atoms with van der Waals surface area (Å²) in [6.45, 7) is -0.0106. The number of pyridine rings is 1. The van der Waals surface area contributed by atoms with Gasteiger partial charge in [0, 0.05) is 10.6 Å². The zero-order valence-corrected chi connectivity index (χ0v) is 19.3. The molecule has 3 aromatic rings. The van der Waals surface area contributed by atoms with E-state index < -0.39 is 17.3 Å². The first-order chi connectivity index (χ1) is 14.7. The first kappa shape index (κ1) is 23.2. The molecule has 0 aliphatic heterocycles. The normalized spacial score (nSPS) is 11.3.